The average molecular weight is 354 g/mol. The molecule has 0 bridgehead atoms. The standard InChI is InChI=1S/C20H26N4O2/c25-19(12-17-15-7-1-2-8-16(15)20(26)23-22-17)21-13-14-6-5-11-24-10-4-3-9-18(14)24/h1-2,7-8,14,18H,3-6,9-13H2,(H,21,25)(H,23,26)/t14-,18+/m1/s1. The molecule has 6 heteroatoms. The predicted molar refractivity (Wildman–Crippen MR) is 101 cm³/mol. The summed E-state index contributed by atoms with van der Waals surface area (Å²) in [6.45, 7) is 3.16. The van der Waals surface area contributed by atoms with Gasteiger partial charge in [0.15, 0.2) is 0 Å². The highest BCUT2D eigenvalue weighted by Crippen LogP contribution is 2.30. The maximum Gasteiger partial charge on any atom is 0.272 e. The van der Waals surface area contributed by atoms with Crippen molar-refractivity contribution < 1.29 is 4.79 Å². The van der Waals surface area contributed by atoms with E-state index in [0.29, 0.717) is 23.0 Å². The summed E-state index contributed by atoms with van der Waals surface area (Å²) >= 11 is 0. The summed E-state index contributed by atoms with van der Waals surface area (Å²) in [5.41, 5.74) is 0.407. The first kappa shape index (κ1) is 17.2. The molecule has 2 aromatic rings. The molecule has 2 fully saturated rings. The molecule has 2 aliphatic rings. The molecule has 0 saturated carbocycles. The maximum absolute atomic E-state index is 12.5. The SMILES string of the molecule is O=C(Cc1n[nH]c(=O)c2ccccc12)NC[C@H]1CCCN2CCCC[C@@H]12. The number of hydrogen-bond acceptors (Lipinski definition) is 4. The van der Waals surface area contributed by atoms with E-state index >= 15 is 0 Å². The quantitative estimate of drug-likeness (QED) is 0.878. The monoisotopic (exact) mass is 354 g/mol. The molecule has 4 rings (SSSR count). The zero-order valence-corrected chi connectivity index (χ0v) is 15.0. The summed E-state index contributed by atoms with van der Waals surface area (Å²) in [5, 5.41) is 11.0. The minimum absolute atomic E-state index is 0.0253. The molecule has 1 aromatic carbocycles. The fraction of sp³-hybridized carbons (Fsp3) is 0.550. The molecule has 2 aliphatic heterocycles. The molecule has 2 atom stereocenters. The molecule has 3 heterocycles. The minimum atomic E-state index is -0.218. The topological polar surface area (TPSA) is 78.1 Å². The summed E-state index contributed by atoms with van der Waals surface area (Å²) < 4.78 is 0. The van der Waals surface area contributed by atoms with Crippen molar-refractivity contribution in [3.63, 3.8) is 0 Å². The third-order valence-corrected chi connectivity index (χ3v) is 5.89. The van der Waals surface area contributed by atoms with Crippen LogP contribution in [0.5, 0.6) is 0 Å². The Morgan fingerprint density at radius 2 is 1.96 bits per heavy atom. The van der Waals surface area contributed by atoms with Crippen LogP contribution in [0.4, 0.5) is 0 Å². The molecule has 1 aromatic heterocycles. The molecule has 6 nitrogen and oxygen atoms in total. The Labute approximate surface area is 153 Å². The number of nitrogens with zero attached hydrogens (tertiary/aromatic N) is 2. The van der Waals surface area contributed by atoms with Gasteiger partial charge >= 0.3 is 0 Å². The molecular formula is C20H26N4O2. The van der Waals surface area contributed by atoms with Crippen molar-refractivity contribution in [2.24, 2.45) is 5.92 Å². The second-order valence-corrected chi connectivity index (χ2v) is 7.53. The summed E-state index contributed by atoms with van der Waals surface area (Å²) in [5.74, 6) is 0.524. The highest BCUT2D eigenvalue weighted by atomic mass is 16.1. The normalized spacial score (nSPS) is 23.5. The van der Waals surface area contributed by atoms with E-state index in [-0.39, 0.29) is 17.9 Å². The summed E-state index contributed by atoms with van der Waals surface area (Å²) in [6.07, 6.45) is 6.48. The van der Waals surface area contributed by atoms with Crippen LogP contribution in [-0.4, -0.2) is 46.7 Å². The molecule has 0 spiro atoms. The Morgan fingerprint density at radius 1 is 1.15 bits per heavy atom. The first-order valence-corrected chi connectivity index (χ1v) is 9.69. The highest BCUT2D eigenvalue weighted by Gasteiger charge is 2.32. The first-order valence-electron chi connectivity index (χ1n) is 9.69. The number of H-pyrrole nitrogens is 1. The second-order valence-electron chi connectivity index (χ2n) is 7.53. The van der Waals surface area contributed by atoms with Gasteiger partial charge in [0.1, 0.15) is 0 Å². The average Bonchev–Trinajstić information content (AvgIpc) is 2.69. The lowest BCUT2D eigenvalue weighted by Gasteiger charge is -2.44. The van der Waals surface area contributed by atoms with Crippen molar-refractivity contribution in [2.45, 2.75) is 44.6 Å². The van der Waals surface area contributed by atoms with Crippen LogP contribution in [-0.2, 0) is 11.2 Å². The van der Waals surface area contributed by atoms with Crippen molar-refractivity contribution in [3.8, 4) is 0 Å². The Kier molecular flexibility index (Phi) is 5.02. The summed E-state index contributed by atoms with van der Waals surface area (Å²) in [6, 6.07) is 7.92. The van der Waals surface area contributed by atoms with Crippen LogP contribution in [0.1, 0.15) is 37.8 Å². The van der Waals surface area contributed by atoms with E-state index in [4.69, 9.17) is 0 Å². The lowest BCUT2D eigenvalue weighted by molar-refractivity contribution is -0.120. The van der Waals surface area contributed by atoms with E-state index in [2.05, 4.69) is 20.4 Å². The van der Waals surface area contributed by atoms with Crippen LogP contribution in [0, 0.1) is 5.92 Å². The molecule has 26 heavy (non-hydrogen) atoms. The zero-order chi connectivity index (χ0) is 17.9. The molecular weight excluding hydrogens is 328 g/mol. The smallest absolute Gasteiger partial charge is 0.272 e. The van der Waals surface area contributed by atoms with Crippen molar-refractivity contribution in [3.05, 3.63) is 40.3 Å². The number of fused-ring (bicyclic) bond motifs is 2. The number of carbonyl (C=O) groups excluding carboxylic acids is 1. The van der Waals surface area contributed by atoms with Crippen molar-refractivity contribution in [2.75, 3.05) is 19.6 Å². The van der Waals surface area contributed by atoms with E-state index in [1.807, 2.05) is 18.2 Å². The fourth-order valence-corrected chi connectivity index (χ4v) is 4.58. The van der Waals surface area contributed by atoms with Gasteiger partial charge in [0.25, 0.3) is 5.56 Å². The Bertz CT molecular complexity index is 845. The van der Waals surface area contributed by atoms with Crippen LogP contribution >= 0.6 is 0 Å². The van der Waals surface area contributed by atoms with E-state index in [1.165, 1.54) is 45.2 Å². The number of aromatic amines is 1. The summed E-state index contributed by atoms with van der Waals surface area (Å²) in [7, 11) is 0. The van der Waals surface area contributed by atoms with Gasteiger partial charge in [-0.25, -0.2) is 5.10 Å². The molecule has 0 unspecified atom stereocenters. The van der Waals surface area contributed by atoms with Gasteiger partial charge in [-0.2, -0.15) is 5.10 Å². The van der Waals surface area contributed by atoms with Gasteiger partial charge in [-0.05, 0) is 50.8 Å². The van der Waals surface area contributed by atoms with Gasteiger partial charge in [0, 0.05) is 18.0 Å². The highest BCUT2D eigenvalue weighted by molar-refractivity contribution is 5.88. The van der Waals surface area contributed by atoms with Crippen molar-refractivity contribution >= 4 is 16.7 Å². The molecule has 2 saturated heterocycles. The van der Waals surface area contributed by atoms with E-state index in [0.717, 1.165) is 11.9 Å². The van der Waals surface area contributed by atoms with Gasteiger partial charge in [0.2, 0.25) is 5.91 Å². The number of carbonyl (C=O) groups is 1. The lowest BCUT2D eigenvalue weighted by atomic mass is 9.83. The van der Waals surface area contributed by atoms with E-state index in [9.17, 15) is 9.59 Å². The van der Waals surface area contributed by atoms with Gasteiger partial charge < -0.3 is 10.2 Å². The Morgan fingerprint density at radius 3 is 2.85 bits per heavy atom. The van der Waals surface area contributed by atoms with Crippen molar-refractivity contribution in [1.82, 2.24) is 20.4 Å². The van der Waals surface area contributed by atoms with Crippen LogP contribution < -0.4 is 10.9 Å². The Balaban J connectivity index is 1.40. The van der Waals surface area contributed by atoms with Gasteiger partial charge in [0.05, 0.1) is 17.5 Å². The van der Waals surface area contributed by atoms with Gasteiger partial charge in [-0.15, -0.1) is 0 Å². The van der Waals surface area contributed by atoms with Crippen LogP contribution in [0.25, 0.3) is 10.8 Å². The third kappa shape index (κ3) is 3.51. The second kappa shape index (κ2) is 7.58. The van der Waals surface area contributed by atoms with Crippen molar-refractivity contribution in [1.29, 1.82) is 0 Å². The number of aromatic nitrogens is 2. The third-order valence-electron chi connectivity index (χ3n) is 5.89. The minimum Gasteiger partial charge on any atom is -0.355 e. The first-order chi connectivity index (χ1) is 12.7. The number of rotatable bonds is 4. The fourth-order valence-electron chi connectivity index (χ4n) is 4.58. The number of piperidine rings is 2. The lowest BCUT2D eigenvalue weighted by Crippen LogP contribution is -2.51. The molecule has 0 aliphatic carbocycles. The van der Waals surface area contributed by atoms with Crippen LogP contribution in [0.3, 0.4) is 0 Å². The number of benzene rings is 1. The van der Waals surface area contributed by atoms with E-state index < -0.39 is 0 Å². The summed E-state index contributed by atoms with van der Waals surface area (Å²) in [4.78, 5) is 27.0. The van der Waals surface area contributed by atoms with Gasteiger partial charge in [-0.3, -0.25) is 9.59 Å². The maximum atomic E-state index is 12.5. The zero-order valence-electron chi connectivity index (χ0n) is 15.0. The van der Waals surface area contributed by atoms with Crippen LogP contribution in [0.2, 0.25) is 0 Å². The Hall–Kier alpha value is -2.21. The van der Waals surface area contributed by atoms with Gasteiger partial charge in [-0.1, -0.05) is 24.6 Å². The van der Waals surface area contributed by atoms with Crippen LogP contribution in [0.15, 0.2) is 29.1 Å². The number of hydrogen-bond donors (Lipinski definition) is 2. The molecule has 138 valence electrons. The largest absolute Gasteiger partial charge is 0.355 e. The molecule has 1 amide bonds. The van der Waals surface area contributed by atoms with E-state index in [1.54, 1.807) is 6.07 Å². The number of amides is 1. The number of nitrogens with one attached hydrogen (secondary N) is 2. The predicted octanol–water partition coefficient (Wildman–Crippen LogP) is 1.85. The molecule has 0 radical (unpaired) electrons. The molecule has 2 N–H and O–H groups in total.